The number of amides is 1. The molecule has 0 saturated heterocycles. The summed E-state index contributed by atoms with van der Waals surface area (Å²) in [6, 6.07) is 8.38. The van der Waals surface area contributed by atoms with Gasteiger partial charge in [0.05, 0.1) is 26.5 Å². The van der Waals surface area contributed by atoms with Crippen LogP contribution in [0.1, 0.15) is 0 Å². The van der Waals surface area contributed by atoms with Gasteiger partial charge in [0.15, 0.2) is 0 Å². The van der Waals surface area contributed by atoms with Gasteiger partial charge in [0.1, 0.15) is 5.69 Å². The fraction of sp³-hybridized carbons (Fsp3) is 0.0588. The molecule has 27 heavy (non-hydrogen) atoms. The summed E-state index contributed by atoms with van der Waals surface area (Å²) in [6.45, 7) is 0. The van der Waals surface area contributed by atoms with Gasteiger partial charge in [0.25, 0.3) is 5.56 Å². The van der Waals surface area contributed by atoms with Crippen molar-refractivity contribution in [1.82, 2.24) is 20.2 Å². The third kappa shape index (κ3) is 2.79. The molecule has 3 N–H and O–H groups in total. The minimum Gasteiger partial charge on any atom is -0.465 e. The van der Waals surface area contributed by atoms with Crippen molar-refractivity contribution in [2.45, 2.75) is 0 Å². The SMILES string of the molecule is CN(C(=O)O)c1nc2ccc(-c3n[nH]c(=O)c4c(Cl)ccc(Cl)c34)cc2[nH]1. The lowest BCUT2D eigenvalue weighted by Crippen LogP contribution is -2.24. The first-order chi connectivity index (χ1) is 12.9. The number of hydrogen-bond donors (Lipinski definition) is 3. The van der Waals surface area contributed by atoms with Crippen molar-refractivity contribution in [1.29, 1.82) is 0 Å². The zero-order valence-electron chi connectivity index (χ0n) is 13.7. The van der Waals surface area contributed by atoms with Gasteiger partial charge in [-0.05, 0) is 24.3 Å². The molecule has 4 rings (SSSR count). The second kappa shape index (κ2) is 6.26. The zero-order valence-corrected chi connectivity index (χ0v) is 15.3. The third-order valence-electron chi connectivity index (χ3n) is 4.18. The largest absolute Gasteiger partial charge is 0.465 e. The summed E-state index contributed by atoms with van der Waals surface area (Å²) in [4.78, 5) is 31.4. The Morgan fingerprint density at radius 2 is 1.85 bits per heavy atom. The maximum atomic E-state index is 12.2. The number of rotatable bonds is 2. The van der Waals surface area contributed by atoms with Crippen LogP contribution in [0.4, 0.5) is 10.7 Å². The molecule has 2 heterocycles. The topological polar surface area (TPSA) is 115 Å². The van der Waals surface area contributed by atoms with E-state index in [9.17, 15) is 9.59 Å². The van der Waals surface area contributed by atoms with Gasteiger partial charge in [-0.15, -0.1) is 0 Å². The highest BCUT2D eigenvalue weighted by atomic mass is 35.5. The standard InChI is InChI=1S/C17H11Cl2N5O3/c1-24(17(26)27)16-20-10-5-2-7(6-11(10)21-16)14-12-8(18)3-4-9(19)13(12)15(25)23-22-14/h2-6H,1H3,(H,20,21)(H,23,25)(H,26,27). The van der Waals surface area contributed by atoms with Crippen LogP contribution >= 0.6 is 23.2 Å². The average Bonchev–Trinajstić information content (AvgIpc) is 3.07. The number of H-pyrrole nitrogens is 2. The number of anilines is 1. The van der Waals surface area contributed by atoms with Crippen LogP contribution in [0.25, 0.3) is 33.1 Å². The highest BCUT2D eigenvalue weighted by molar-refractivity contribution is 6.41. The molecule has 0 aliphatic carbocycles. The number of imidazole rings is 1. The second-order valence-electron chi connectivity index (χ2n) is 5.81. The van der Waals surface area contributed by atoms with Gasteiger partial charge in [0.2, 0.25) is 5.95 Å². The first-order valence-corrected chi connectivity index (χ1v) is 8.45. The Kier molecular flexibility index (Phi) is 4.01. The summed E-state index contributed by atoms with van der Waals surface area (Å²) in [5.74, 6) is 0.190. The van der Waals surface area contributed by atoms with Crippen LogP contribution in [0.2, 0.25) is 10.0 Å². The van der Waals surface area contributed by atoms with E-state index in [-0.39, 0.29) is 16.4 Å². The third-order valence-corrected chi connectivity index (χ3v) is 4.81. The number of aromatic amines is 2. The molecule has 1 amide bonds. The zero-order chi connectivity index (χ0) is 19.3. The number of halogens is 2. The summed E-state index contributed by atoms with van der Waals surface area (Å²) in [7, 11) is 1.39. The molecule has 0 atom stereocenters. The number of benzene rings is 2. The van der Waals surface area contributed by atoms with Gasteiger partial charge in [-0.25, -0.2) is 14.9 Å². The summed E-state index contributed by atoms with van der Waals surface area (Å²) < 4.78 is 0. The Morgan fingerprint density at radius 3 is 2.56 bits per heavy atom. The first kappa shape index (κ1) is 17.3. The number of carbonyl (C=O) groups is 1. The lowest BCUT2D eigenvalue weighted by molar-refractivity contribution is 0.203. The van der Waals surface area contributed by atoms with Crippen LogP contribution in [-0.2, 0) is 0 Å². The lowest BCUT2D eigenvalue weighted by Gasteiger charge is -2.08. The Balaban J connectivity index is 1.95. The predicted octanol–water partition coefficient (Wildman–Crippen LogP) is 3.89. The van der Waals surface area contributed by atoms with Crippen LogP contribution in [-0.4, -0.2) is 38.4 Å². The average molecular weight is 404 g/mol. The van der Waals surface area contributed by atoms with E-state index in [1.54, 1.807) is 30.3 Å². The predicted molar refractivity (Wildman–Crippen MR) is 104 cm³/mol. The van der Waals surface area contributed by atoms with Crippen molar-refractivity contribution in [2.75, 3.05) is 11.9 Å². The molecule has 0 saturated carbocycles. The second-order valence-corrected chi connectivity index (χ2v) is 6.63. The number of fused-ring (bicyclic) bond motifs is 2. The van der Waals surface area contributed by atoms with Crippen molar-refractivity contribution in [3.63, 3.8) is 0 Å². The van der Waals surface area contributed by atoms with Crippen LogP contribution in [0.5, 0.6) is 0 Å². The van der Waals surface area contributed by atoms with E-state index in [0.29, 0.717) is 32.7 Å². The van der Waals surface area contributed by atoms with E-state index in [4.69, 9.17) is 28.3 Å². The van der Waals surface area contributed by atoms with Crippen molar-refractivity contribution >= 4 is 57.0 Å². The highest BCUT2D eigenvalue weighted by Gasteiger charge is 2.17. The van der Waals surface area contributed by atoms with Gasteiger partial charge < -0.3 is 10.1 Å². The van der Waals surface area contributed by atoms with Gasteiger partial charge >= 0.3 is 6.09 Å². The van der Waals surface area contributed by atoms with E-state index >= 15 is 0 Å². The van der Waals surface area contributed by atoms with Gasteiger partial charge in [-0.1, -0.05) is 29.3 Å². The molecule has 0 aliphatic heterocycles. The monoisotopic (exact) mass is 403 g/mol. The Labute approximate surface area is 161 Å². The van der Waals surface area contributed by atoms with Gasteiger partial charge in [-0.3, -0.25) is 9.69 Å². The molecule has 0 aliphatic rings. The number of nitrogens with one attached hydrogen (secondary N) is 2. The van der Waals surface area contributed by atoms with Crippen molar-refractivity contribution in [3.05, 3.63) is 50.7 Å². The van der Waals surface area contributed by atoms with E-state index in [0.717, 1.165) is 4.90 Å². The minimum absolute atomic E-state index is 0.190. The van der Waals surface area contributed by atoms with Crippen LogP contribution in [0, 0.1) is 0 Å². The summed E-state index contributed by atoms with van der Waals surface area (Å²) in [5, 5.41) is 17.0. The van der Waals surface area contributed by atoms with Crippen LogP contribution < -0.4 is 10.5 Å². The lowest BCUT2D eigenvalue weighted by atomic mass is 10.0. The summed E-state index contributed by atoms with van der Waals surface area (Å²) in [6.07, 6.45) is -1.14. The molecule has 10 heteroatoms. The van der Waals surface area contributed by atoms with Crippen molar-refractivity contribution < 1.29 is 9.90 Å². The number of aromatic nitrogens is 4. The molecule has 2 aromatic carbocycles. The quantitative estimate of drug-likeness (QED) is 0.469. The van der Waals surface area contributed by atoms with E-state index < -0.39 is 11.7 Å². The molecule has 2 aromatic heterocycles. The normalized spacial score (nSPS) is 11.2. The molecular formula is C17H11Cl2N5O3. The number of carboxylic acid groups (broad SMARTS) is 1. The molecule has 0 unspecified atom stereocenters. The summed E-state index contributed by atoms with van der Waals surface area (Å²) in [5.41, 5.74) is 1.85. The fourth-order valence-corrected chi connectivity index (χ4v) is 3.32. The van der Waals surface area contributed by atoms with E-state index in [1.165, 1.54) is 7.05 Å². The number of hydrogen-bond acceptors (Lipinski definition) is 4. The maximum absolute atomic E-state index is 12.2. The molecule has 0 radical (unpaired) electrons. The molecule has 0 spiro atoms. The number of nitrogens with zero attached hydrogens (tertiary/aromatic N) is 3. The molecule has 0 fully saturated rings. The molecule has 4 aromatic rings. The first-order valence-electron chi connectivity index (χ1n) is 7.70. The van der Waals surface area contributed by atoms with Gasteiger partial charge in [0, 0.05) is 18.0 Å². The maximum Gasteiger partial charge on any atom is 0.413 e. The van der Waals surface area contributed by atoms with Crippen molar-refractivity contribution in [3.8, 4) is 11.3 Å². The minimum atomic E-state index is -1.14. The smallest absolute Gasteiger partial charge is 0.413 e. The Bertz CT molecular complexity index is 1280. The van der Waals surface area contributed by atoms with Crippen LogP contribution in [0.3, 0.4) is 0 Å². The summed E-state index contributed by atoms with van der Waals surface area (Å²) >= 11 is 12.5. The van der Waals surface area contributed by atoms with E-state index in [1.807, 2.05) is 0 Å². The fourth-order valence-electron chi connectivity index (χ4n) is 2.83. The van der Waals surface area contributed by atoms with Crippen molar-refractivity contribution in [2.24, 2.45) is 0 Å². The molecule has 8 nitrogen and oxygen atoms in total. The van der Waals surface area contributed by atoms with Crippen LogP contribution in [0.15, 0.2) is 35.1 Å². The van der Waals surface area contributed by atoms with Gasteiger partial charge in [-0.2, -0.15) is 5.10 Å². The molecule has 136 valence electrons. The Hall–Kier alpha value is -3.10. The molecular weight excluding hydrogens is 393 g/mol. The highest BCUT2D eigenvalue weighted by Crippen LogP contribution is 2.34. The Morgan fingerprint density at radius 1 is 1.15 bits per heavy atom. The van der Waals surface area contributed by atoms with E-state index in [2.05, 4.69) is 20.2 Å². The molecule has 0 bridgehead atoms.